The van der Waals surface area contributed by atoms with E-state index in [1.54, 1.807) is 13.8 Å². The maximum absolute atomic E-state index is 15.0. The first-order valence-corrected chi connectivity index (χ1v) is 11.9. The maximum Gasteiger partial charge on any atom is 0.417 e. The Hall–Kier alpha value is -3.79. The quantitative estimate of drug-likeness (QED) is 0.449. The van der Waals surface area contributed by atoms with Gasteiger partial charge >= 0.3 is 6.18 Å². The summed E-state index contributed by atoms with van der Waals surface area (Å²) >= 11 is 0. The summed E-state index contributed by atoms with van der Waals surface area (Å²) in [6.07, 6.45) is -5.51. The van der Waals surface area contributed by atoms with Crippen LogP contribution < -0.4 is 15.8 Å². The number of nitrogens with two attached hydrogens (primary N) is 1. The van der Waals surface area contributed by atoms with Gasteiger partial charge in [-0.3, -0.25) is 14.6 Å². The van der Waals surface area contributed by atoms with Gasteiger partial charge in [0.25, 0.3) is 11.8 Å². The lowest BCUT2D eigenvalue weighted by molar-refractivity contribution is -0.272. The zero-order valence-corrected chi connectivity index (χ0v) is 21.5. The Bertz CT molecular complexity index is 1310. The van der Waals surface area contributed by atoms with Crippen molar-refractivity contribution in [2.75, 3.05) is 11.9 Å². The summed E-state index contributed by atoms with van der Waals surface area (Å²) in [6, 6.07) is 6.22. The molecule has 8 nitrogen and oxygen atoms in total. The molecule has 1 saturated heterocycles. The van der Waals surface area contributed by atoms with Crippen LogP contribution in [-0.2, 0) is 9.53 Å². The second-order valence-electron chi connectivity index (χ2n) is 10.1. The number of nitriles is 1. The van der Waals surface area contributed by atoms with Gasteiger partial charge in [-0.05, 0) is 45.4 Å². The van der Waals surface area contributed by atoms with Crippen molar-refractivity contribution >= 4 is 17.5 Å². The number of ether oxygens (including phenoxy) is 2. The van der Waals surface area contributed by atoms with Gasteiger partial charge in [-0.2, -0.15) is 22.8 Å². The molecule has 2 heterocycles. The van der Waals surface area contributed by atoms with Gasteiger partial charge in [-0.1, -0.05) is 13.0 Å². The van der Waals surface area contributed by atoms with Crippen molar-refractivity contribution in [3.8, 4) is 11.8 Å². The molecule has 3 rings (SSSR count). The lowest BCUT2D eigenvalue weighted by Crippen LogP contribution is -2.47. The Kier molecular flexibility index (Phi) is 8.21. The van der Waals surface area contributed by atoms with E-state index in [1.165, 1.54) is 13.0 Å². The normalized spacial score (nSPS) is 23.2. The van der Waals surface area contributed by atoms with E-state index in [1.807, 2.05) is 6.07 Å². The Morgan fingerprint density at radius 1 is 1.26 bits per heavy atom. The molecule has 39 heavy (non-hydrogen) atoms. The Morgan fingerprint density at radius 2 is 1.92 bits per heavy atom. The van der Waals surface area contributed by atoms with Crippen LogP contribution in [0.25, 0.3) is 0 Å². The second kappa shape index (κ2) is 10.8. The molecule has 210 valence electrons. The molecule has 0 radical (unpaired) electrons. The number of pyridine rings is 1. The monoisotopic (exact) mass is 554 g/mol. The van der Waals surface area contributed by atoms with Crippen LogP contribution in [0.15, 0.2) is 30.5 Å². The van der Waals surface area contributed by atoms with Crippen molar-refractivity contribution in [2.45, 2.75) is 57.9 Å². The number of carbonyl (C=O) groups is 2. The number of amides is 2. The van der Waals surface area contributed by atoms with Gasteiger partial charge in [0, 0.05) is 29.3 Å². The first-order valence-electron chi connectivity index (χ1n) is 11.9. The third-order valence-electron chi connectivity index (χ3n) is 6.92. The minimum atomic E-state index is -4.94. The number of hydrogen-bond acceptors (Lipinski definition) is 6. The summed E-state index contributed by atoms with van der Waals surface area (Å²) in [7, 11) is 0. The molecule has 1 aromatic heterocycles. The summed E-state index contributed by atoms with van der Waals surface area (Å²) in [6.45, 7) is 4.91. The highest BCUT2D eigenvalue weighted by Crippen LogP contribution is 2.55. The van der Waals surface area contributed by atoms with Crippen molar-refractivity contribution in [1.82, 2.24) is 4.98 Å². The van der Waals surface area contributed by atoms with Gasteiger partial charge in [0.2, 0.25) is 5.82 Å². The molecule has 4 atom stereocenters. The average Bonchev–Trinajstić information content (AvgIpc) is 3.14. The van der Waals surface area contributed by atoms with Crippen LogP contribution in [0.4, 0.5) is 27.6 Å². The highest BCUT2D eigenvalue weighted by molar-refractivity contribution is 5.97. The number of hydrogen-bond donors (Lipinski definition) is 2. The van der Waals surface area contributed by atoms with Crippen LogP contribution in [0.1, 0.15) is 56.1 Å². The molecular weight excluding hydrogens is 527 g/mol. The smallest absolute Gasteiger partial charge is 0.417 e. The molecule has 0 saturated carbocycles. The molecule has 2 aromatic rings. The van der Waals surface area contributed by atoms with Crippen molar-refractivity contribution in [2.24, 2.45) is 17.1 Å². The summed E-state index contributed by atoms with van der Waals surface area (Å²) in [4.78, 5) is 28.5. The van der Waals surface area contributed by atoms with Crippen molar-refractivity contribution in [3.05, 3.63) is 53.4 Å². The average molecular weight is 555 g/mol. The molecule has 2 amide bonds. The third-order valence-corrected chi connectivity index (χ3v) is 6.92. The summed E-state index contributed by atoms with van der Waals surface area (Å²) < 4.78 is 82.6. The van der Waals surface area contributed by atoms with E-state index < -0.39 is 64.3 Å². The Morgan fingerprint density at radius 3 is 2.51 bits per heavy atom. The van der Waals surface area contributed by atoms with E-state index in [4.69, 9.17) is 15.2 Å². The fraction of sp³-hybridized carbons (Fsp3) is 0.462. The third kappa shape index (κ3) is 5.95. The van der Waals surface area contributed by atoms with Crippen LogP contribution in [0.5, 0.6) is 5.75 Å². The zero-order chi connectivity index (χ0) is 29.3. The molecule has 0 bridgehead atoms. The number of alkyl halides is 3. The van der Waals surface area contributed by atoms with Gasteiger partial charge in [0.15, 0.2) is 17.2 Å². The fourth-order valence-corrected chi connectivity index (χ4v) is 4.30. The number of aromatic nitrogens is 1. The van der Waals surface area contributed by atoms with Crippen LogP contribution in [0.3, 0.4) is 0 Å². The highest BCUT2D eigenvalue weighted by Gasteiger charge is 2.66. The van der Waals surface area contributed by atoms with E-state index >= 15 is 0 Å². The standard InChI is InChI=1S/C26H27F5N4O4/c1-13-18(15-5-6-16(27)19(28)20(15)38-10-8-24(2,3)12-32)21(39-25(13,4)26(29,30)31)23(37)35-14-7-9-34-17(11-14)22(33)36/h5-7,9,11,13,18,21H,8,10H2,1-4H3,(H2,33,36)(H,34,35,37)/t13-,18-,21+,25+/m0/s1. The molecule has 13 heteroatoms. The molecule has 1 fully saturated rings. The molecule has 0 spiro atoms. The number of rotatable bonds is 8. The number of halogens is 5. The molecule has 1 aliphatic heterocycles. The summed E-state index contributed by atoms with van der Waals surface area (Å²) in [5.41, 5.74) is 1.05. The molecule has 0 aliphatic carbocycles. The van der Waals surface area contributed by atoms with Crippen LogP contribution in [0.2, 0.25) is 0 Å². The lowest BCUT2D eigenvalue weighted by Gasteiger charge is -2.32. The van der Waals surface area contributed by atoms with Crippen molar-refractivity contribution in [3.63, 3.8) is 0 Å². The Balaban J connectivity index is 2.06. The predicted octanol–water partition coefficient (Wildman–Crippen LogP) is 4.86. The molecule has 3 N–H and O–H groups in total. The second-order valence-corrected chi connectivity index (χ2v) is 10.1. The molecule has 0 unspecified atom stereocenters. The van der Waals surface area contributed by atoms with Gasteiger partial charge < -0.3 is 20.5 Å². The SMILES string of the molecule is C[C@H]1[C@@H](c2ccc(F)c(F)c2OCCC(C)(C)C#N)[C@H](C(=O)Nc2ccnc(C(N)=O)c2)O[C@@]1(C)C(F)(F)F. The van der Waals surface area contributed by atoms with Crippen LogP contribution in [0, 0.1) is 34.3 Å². The topological polar surface area (TPSA) is 127 Å². The van der Waals surface area contributed by atoms with Crippen molar-refractivity contribution in [1.29, 1.82) is 5.26 Å². The minimum absolute atomic E-state index is 0.0000835. The zero-order valence-electron chi connectivity index (χ0n) is 21.5. The van der Waals surface area contributed by atoms with Crippen molar-refractivity contribution < 1.29 is 41.0 Å². The van der Waals surface area contributed by atoms with Crippen LogP contribution in [-0.4, -0.2) is 41.3 Å². The van der Waals surface area contributed by atoms with E-state index in [-0.39, 0.29) is 30.0 Å². The fourth-order valence-electron chi connectivity index (χ4n) is 4.30. The number of anilines is 1. The molecule has 1 aromatic carbocycles. The summed E-state index contributed by atoms with van der Waals surface area (Å²) in [5.74, 6) is -8.28. The van der Waals surface area contributed by atoms with Gasteiger partial charge in [-0.25, -0.2) is 4.39 Å². The summed E-state index contributed by atoms with van der Waals surface area (Å²) in [5, 5.41) is 11.6. The highest BCUT2D eigenvalue weighted by atomic mass is 19.4. The van der Waals surface area contributed by atoms with Crippen LogP contribution >= 0.6 is 0 Å². The molecule has 1 aliphatic rings. The minimum Gasteiger partial charge on any atom is -0.490 e. The first-order chi connectivity index (χ1) is 18.0. The van der Waals surface area contributed by atoms with Gasteiger partial charge in [-0.15, -0.1) is 0 Å². The van der Waals surface area contributed by atoms with E-state index in [2.05, 4.69) is 10.3 Å². The largest absolute Gasteiger partial charge is 0.490 e. The maximum atomic E-state index is 15.0. The number of carbonyl (C=O) groups excluding carboxylic acids is 2. The lowest BCUT2D eigenvalue weighted by atomic mass is 9.77. The van der Waals surface area contributed by atoms with E-state index in [0.29, 0.717) is 0 Å². The number of nitrogens with one attached hydrogen (secondary N) is 1. The number of nitrogens with zero attached hydrogens (tertiary/aromatic N) is 2. The molecular formula is C26H27F5N4O4. The first kappa shape index (κ1) is 29.8. The number of primary amides is 1. The van der Waals surface area contributed by atoms with Gasteiger partial charge in [0.1, 0.15) is 11.8 Å². The van der Waals surface area contributed by atoms with Gasteiger partial charge in [0.05, 0.1) is 18.1 Å². The van der Waals surface area contributed by atoms with E-state index in [0.717, 1.165) is 31.3 Å². The van der Waals surface area contributed by atoms with E-state index in [9.17, 15) is 36.8 Å². The predicted molar refractivity (Wildman–Crippen MR) is 128 cm³/mol. The Labute approximate surface area is 221 Å². The number of benzene rings is 1.